The number of carboxylic acids is 1. The second-order valence-corrected chi connectivity index (χ2v) is 9.73. The first-order valence-electron chi connectivity index (χ1n) is 7.49. The molecule has 0 aromatic carbocycles. The fraction of sp³-hybridized carbons (Fsp3) is 0.786. The zero-order valence-corrected chi connectivity index (χ0v) is 14.4. The van der Waals surface area contributed by atoms with Gasteiger partial charge in [-0.2, -0.15) is 0 Å². The van der Waals surface area contributed by atoms with Crippen LogP contribution in [0.3, 0.4) is 0 Å². The molecule has 2 heterocycles. The number of nitrogens with zero attached hydrogens (tertiary/aromatic N) is 1. The number of β-lactam (4-membered cyclic amide) rings is 1. The van der Waals surface area contributed by atoms with Crippen LogP contribution in [0.15, 0.2) is 0 Å². The Hall–Kier alpha value is -1.64. The quantitative estimate of drug-likeness (QED) is 0.661. The van der Waals surface area contributed by atoms with E-state index in [1.165, 1.54) is 13.8 Å². The van der Waals surface area contributed by atoms with Gasteiger partial charge in [0.1, 0.15) is 17.5 Å². The predicted molar refractivity (Wildman–Crippen MR) is 81.1 cm³/mol. The number of aliphatic carboxylic acids is 1. The summed E-state index contributed by atoms with van der Waals surface area (Å²) in [7, 11) is -3.67. The topological polar surface area (TPSA) is 121 Å². The lowest BCUT2D eigenvalue weighted by Crippen LogP contribution is -2.61. The normalized spacial score (nSPS) is 28.9. The molecular formula is C14H22N2O6S. The highest BCUT2D eigenvalue weighted by Crippen LogP contribution is 2.45. The number of sulfone groups is 1. The van der Waals surface area contributed by atoms with E-state index in [-0.39, 0.29) is 18.8 Å². The Morgan fingerprint density at radius 2 is 1.96 bits per heavy atom. The average molecular weight is 346 g/mol. The first-order valence-corrected chi connectivity index (χ1v) is 9.03. The first-order chi connectivity index (χ1) is 10.4. The van der Waals surface area contributed by atoms with Gasteiger partial charge in [0.15, 0.2) is 9.84 Å². The molecule has 0 aromatic heterocycles. The van der Waals surface area contributed by atoms with Crippen molar-refractivity contribution in [3.8, 4) is 0 Å². The Kier molecular flexibility index (Phi) is 4.21. The van der Waals surface area contributed by atoms with E-state index in [2.05, 4.69) is 5.32 Å². The van der Waals surface area contributed by atoms with E-state index >= 15 is 0 Å². The first kappa shape index (κ1) is 17.7. The fourth-order valence-corrected chi connectivity index (χ4v) is 5.33. The summed E-state index contributed by atoms with van der Waals surface area (Å²) in [5, 5.41) is 10.6. The maximum Gasteiger partial charge on any atom is 0.326 e. The predicted octanol–water partition coefficient (Wildman–Crippen LogP) is -0.264. The van der Waals surface area contributed by atoms with Crippen LogP contribution in [0.2, 0.25) is 0 Å². The number of carboxylic acid groups (broad SMARTS) is 1. The molecule has 8 nitrogen and oxygen atoms in total. The molecule has 2 N–H and O–H groups in total. The zero-order valence-electron chi connectivity index (χ0n) is 13.6. The van der Waals surface area contributed by atoms with Crippen molar-refractivity contribution in [1.29, 1.82) is 0 Å². The molecule has 2 saturated heterocycles. The van der Waals surface area contributed by atoms with Crippen molar-refractivity contribution in [3.63, 3.8) is 0 Å². The van der Waals surface area contributed by atoms with E-state index in [4.69, 9.17) is 0 Å². The molecule has 0 spiro atoms. The van der Waals surface area contributed by atoms with Crippen LogP contribution in [0.5, 0.6) is 0 Å². The monoisotopic (exact) mass is 346 g/mol. The molecule has 2 rings (SSSR count). The number of nitrogens with one attached hydrogen (secondary N) is 1. The van der Waals surface area contributed by atoms with Gasteiger partial charge < -0.3 is 15.3 Å². The molecule has 2 fully saturated rings. The molecule has 3 atom stereocenters. The van der Waals surface area contributed by atoms with Gasteiger partial charge >= 0.3 is 5.97 Å². The Morgan fingerprint density at radius 1 is 1.39 bits per heavy atom. The van der Waals surface area contributed by atoms with Crippen molar-refractivity contribution in [2.75, 3.05) is 0 Å². The van der Waals surface area contributed by atoms with E-state index in [0.29, 0.717) is 0 Å². The van der Waals surface area contributed by atoms with Gasteiger partial charge in [-0.25, -0.2) is 13.2 Å². The smallest absolute Gasteiger partial charge is 0.326 e. The Balaban J connectivity index is 2.27. The second kappa shape index (κ2) is 5.47. The molecule has 2 amide bonds. The van der Waals surface area contributed by atoms with Gasteiger partial charge in [-0.15, -0.1) is 0 Å². The van der Waals surface area contributed by atoms with Crippen LogP contribution < -0.4 is 5.32 Å². The molecular weight excluding hydrogens is 324 g/mol. The summed E-state index contributed by atoms with van der Waals surface area (Å²) >= 11 is 0. The number of amides is 2. The van der Waals surface area contributed by atoms with E-state index in [1.54, 1.807) is 0 Å². The molecule has 0 saturated carbocycles. The van der Waals surface area contributed by atoms with Gasteiger partial charge in [-0.05, 0) is 26.2 Å². The number of rotatable bonds is 5. The summed E-state index contributed by atoms with van der Waals surface area (Å²) in [4.78, 5) is 36.7. The fourth-order valence-electron chi connectivity index (χ4n) is 3.20. The summed E-state index contributed by atoms with van der Waals surface area (Å²) in [6.07, 6.45) is 0.0994. The van der Waals surface area contributed by atoms with E-state index in [1.807, 2.05) is 13.8 Å². The Morgan fingerprint density at radius 3 is 2.39 bits per heavy atom. The number of carbonyl (C=O) groups is 3. The Labute approximate surface area is 135 Å². The molecule has 9 heteroatoms. The SMILES string of the molecule is CC(C)C[C@H](NC(=O)[C@H]1N2C(=O)C[C@H]2S(=O)(=O)C1(C)C)C(=O)O. The van der Waals surface area contributed by atoms with Gasteiger partial charge in [0.2, 0.25) is 11.8 Å². The molecule has 0 unspecified atom stereocenters. The van der Waals surface area contributed by atoms with Crippen molar-refractivity contribution in [2.24, 2.45) is 5.92 Å². The van der Waals surface area contributed by atoms with E-state index in [9.17, 15) is 27.9 Å². The summed E-state index contributed by atoms with van der Waals surface area (Å²) in [5.74, 6) is -2.28. The van der Waals surface area contributed by atoms with Crippen LogP contribution in [0, 0.1) is 5.92 Å². The third-order valence-electron chi connectivity index (χ3n) is 4.55. The Bertz CT molecular complexity index is 654. The molecule has 2 aliphatic heterocycles. The molecule has 0 aromatic rings. The van der Waals surface area contributed by atoms with Crippen molar-refractivity contribution in [1.82, 2.24) is 10.2 Å². The summed E-state index contributed by atoms with van der Waals surface area (Å²) < 4.78 is 23.4. The molecule has 23 heavy (non-hydrogen) atoms. The van der Waals surface area contributed by atoms with Crippen LogP contribution in [0.1, 0.15) is 40.5 Å². The lowest BCUT2D eigenvalue weighted by Gasteiger charge is -2.37. The summed E-state index contributed by atoms with van der Waals surface area (Å²) in [6, 6.07) is -2.32. The van der Waals surface area contributed by atoms with Gasteiger partial charge in [-0.3, -0.25) is 9.59 Å². The zero-order chi connectivity index (χ0) is 17.7. The standard InChI is InChI=1S/C14H22N2O6S/c1-7(2)5-8(13(19)20)15-12(18)11-14(3,4)23(21,22)10-6-9(17)16(10)11/h7-8,10-11H,5-6H2,1-4H3,(H,15,18)(H,19,20)/t8-,10+,11+/m0/s1. The number of fused-ring (bicyclic) bond motifs is 1. The lowest BCUT2D eigenvalue weighted by atomic mass is 9.96. The largest absolute Gasteiger partial charge is 0.480 e. The highest BCUT2D eigenvalue weighted by molar-refractivity contribution is 7.93. The molecule has 130 valence electrons. The van der Waals surface area contributed by atoms with Crippen LogP contribution in [-0.4, -0.2) is 58.4 Å². The van der Waals surface area contributed by atoms with E-state index in [0.717, 1.165) is 4.90 Å². The van der Waals surface area contributed by atoms with Crippen molar-refractivity contribution >= 4 is 27.6 Å². The minimum Gasteiger partial charge on any atom is -0.480 e. The maximum absolute atomic E-state index is 12.5. The molecule has 0 bridgehead atoms. The van der Waals surface area contributed by atoms with E-state index < -0.39 is 49.8 Å². The van der Waals surface area contributed by atoms with Crippen LogP contribution in [0.4, 0.5) is 0 Å². The summed E-state index contributed by atoms with van der Waals surface area (Å²) in [5.41, 5.74) is 0. The molecule has 0 radical (unpaired) electrons. The van der Waals surface area contributed by atoms with Gasteiger partial charge in [-0.1, -0.05) is 13.8 Å². The number of hydrogen-bond acceptors (Lipinski definition) is 5. The van der Waals surface area contributed by atoms with Crippen LogP contribution in [-0.2, 0) is 24.2 Å². The minimum atomic E-state index is -3.67. The summed E-state index contributed by atoms with van der Waals surface area (Å²) in [6.45, 7) is 6.44. The average Bonchev–Trinajstić information content (AvgIpc) is 2.51. The highest BCUT2D eigenvalue weighted by atomic mass is 32.2. The van der Waals surface area contributed by atoms with Crippen molar-refractivity contribution in [3.05, 3.63) is 0 Å². The maximum atomic E-state index is 12.5. The molecule has 0 aliphatic carbocycles. The number of carbonyl (C=O) groups excluding carboxylic acids is 2. The van der Waals surface area contributed by atoms with Crippen molar-refractivity contribution < 1.29 is 27.9 Å². The second-order valence-electron chi connectivity index (χ2n) is 7.04. The third kappa shape index (κ3) is 2.60. The lowest BCUT2D eigenvalue weighted by molar-refractivity contribution is -0.151. The van der Waals surface area contributed by atoms with Gasteiger partial charge in [0.25, 0.3) is 0 Å². The van der Waals surface area contributed by atoms with Crippen LogP contribution >= 0.6 is 0 Å². The van der Waals surface area contributed by atoms with Crippen molar-refractivity contribution in [2.45, 2.75) is 62.7 Å². The van der Waals surface area contributed by atoms with Gasteiger partial charge in [0.05, 0.1) is 11.2 Å². The molecule has 2 aliphatic rings. The van der Waals surface area contributed by atoms with Crippen LogP contribution in [0.25, 0.3) is 0 Å². The highest BCUT2D eigenvalue weighted by Gasteiger charge is 2.67. The van der Waals surface area contributed by atoms with Gasteiger partial charge in [0, 0.05) is 0 Å². The third-order valence-corrected chi connectivity index (χ3v) is 7.35. The minimum absolute atomic E-state index is 0.0371. The number of hydrogen-bond donors (Lipinski definition) is 2.